The van der Waals surface area contributed by atoms with Gasteiger partial charge in [0.05, 0.1) is 30.8 Å². The van der Waals surface area contributed by atoms with E-state index in [2.05, 4.69) is 5.32 Å². The fourth-order valence-electron chi connectivity index (χ4n) is 3.57. The molecule has 0 spiro atoms. The van der Waals surface area contributed by atoms with E-state index in [9.17, 15) is 9.59 Å². The Balaban J connectivity index is 2.22. The number of carbonyl (C=O) groups excluding carboxylic acids is 2. The first-order valence-corrected chi connectivity index (χ1v) is 8.90. The monoisotopic (exact) mass is 365 g/mol. The highest BCUT2D eigenvalue weighted by atomic mass is 16.5. The molecule has 5 heteroatoms. The van der Waals surface area contributed by atoms with Crippen LogP contribution < -0.4 is 5.32 Å². The van der Waals surface area contributed by atoms with Crippen LogP contribution in [0.25, 0.3) is 10.8 Å². The van der Waals surface area contributed by atoms with Crippen LogP contribution in [0.3, 0.4) is 0 Å². The lowest BCUT2D eigenvalue weighted by Gasteiger charge is -2.30. The Labute approximate surface area is 158 Å². The van der Waals surface area contributed by atoms with Crippen molar-refractivity contribution in [2.24, 2.45) is 0 Å². The summed E-state index contributed by atoms with van der Waals surface area (Å²) < 4.78 is 10.3. The minimum Gasteiger partial charge on any atom is -0.466 e. The summed E-state index contributed by atoms with van der Waals surface area (Å²) in [5, 5.41) is 5.26. The van der Waals surface area contributed by atoms with Crippen molar-refractivity contribution in [3.05, 3.63) is 70.6 Å². The predicted molar refractivity (Wildman–Crippen MR) is 104 cm³/mol. The summed E-state index contributed by atoms with van der Waals surface area (Å²) in [6.45, 7) is 5.65. The number of fused-ring (bicyclic) bond motifs is 1. The second-order valence-corrected chi connectivity index (χ2v) is 6.45. The molecule has 0 saturated carbocycles. The van der Waals surface area contributed by atoms with Gasteiger partial charge in [-0.3, -0.25) is 0 Å². The van der Waals surface area contributed by atoms with Crippen molar-refractivity contribution >= 4 is 22.7 Å². The quantitative estimate of drug-likeness (QED) is 0.835. The molecule has 1 unspecified atom stereocenters. The Hall–Kier alpha value is -3.08. The highest BCUT2D eigenvalue weighted by Crippen LogP contribution is 2.40. The molecule has 0 amide bonds. The van der Waals surface area contributed by atoms with Crippen LogP contribution in [0.1, 0.15) is 32.3 Å². The fourth-order valence-corrected chi connectivity index (χ4v) is 3.57. The van der Waals surface area contributed by atoms with E-state index in [1.54, 1.807) is 6.92 Å². The Morgan fingerprint density at radius 3 is 2.22 bits per heavy atom. The van der Waals surface area contributed by atoms with Crippen molar-refractivity contribution in [1.82, 2.24) is 5.32 Å². The van der Waals surface area contributed by atoms with Crippen LogP contribution in [0, 0.1) is 0 Å². The number of hydrogen-bond donors (Lipinski definition) is 1. The molecule has 0 saturated heterocycles. The maximum absolute atomic E-state index is 12.7. The van der Waals surface area contributed by atoms with Gasteiger partial charge in [0, 0.05) is 11.4 Å². The first kappa shape index (κ1) is 18.7. The summed E-state index contributed by atoms with van der Waals surface area (Å²) in [5.74, 6) is -1.45. The standard InChI is InChI=1S/C22H23NO4/c1-5-27-22(25)19-14(3)23-13(2)18(21(24)26-4)20(19)17-11-10-15-8-6-7-9-16(15)12-17/h6-12,20,23H,5H2,1-4H3. The number of esters is 2. The number of ether oxygens (including phenoxy) is 2. The molecule has 1 aliphatic heterocycles. The van der Waals surface area contributed by atoms with Crippen molar-refractivity contribution in [2.75, 3.05) is 13.7 Å². The normalized spacial score (nSPS) is 17.0. The topological polar surface area (TPSA) is 64.6 Å². The molecule has 1 atom stereocenters. The summed E-state index contributed by atoms with van der Waals surface area (Å²) in [6.07, 6.45) is 0. The second-order valence-electron chi connectivity index (χ2n) is 6.45. The van der Waals surface area contributed by atoms with Crippen molar-refractivity contribution in [3.8, 4) is 0 Å². The molecule has 0 aliphatic carbocycles. The van der Waals surface area contributed by atoms with Crippen molar-refractivity contribution in [2.45, 2.75) is 26.7 Å². The number of carbonyl (C=O) groups is 2. The number of hydrogen-bond acceptors (Lipinski definition) is 5. The zero-order valence-corrected chi connectivity index (χ0v) is 16.0. The molecule has 2 aromatic carbocycles. The van der Waals surface area contributed by atoms with Gasteiger partial charge in [0.1, 0.15) is 0 Å². The van der Waals surface area contributed by atoms with Gasteiger partial charge in [0.25, 0.3) is 0 Å². The molecule has 1 aliphatic rings. The zero-order chi connectivity index (χ0) is 19.6. The number of dihydropyridines is 1. The molecule has 5 nitrogen and oxygen atoms in total. The minimum absolute atomic E-state index is 0.260. The van der Waals surface area contributed by atoms with E-state index in [1.165, 1.54) is 7.11 Å². The zero-order valence-electron chi connectivity index (χ0n) is 16.0. The Morgan fingerprint density at radius 1 is 0.963 bits per heavy atom. The molecule has 0 radical (unpaired) electrons. The number of rotatable bonds is 4. The highest BCUT2D eigenvalue weighted by molar-refractivity contribution is 6.00. The smallest absolute Gasteiger partial charge is 0.336 e. The third-order valence-electron chi connectivity index (χ3n) is 4.77. The van der Waals surface area contributed by atoms with Crippen LogP contribution in [0.2, 0.25) is 0 Å². The Bertz CT molecular complexity index is 971. The average molecular weight is 365 g/mol. The maximum atomic E-state index is 12.7. The number of allylic oxidation sites excluding steroid dienone is 2. The van der Waals surface area contributed by atoms with Gasteiger partial charge in [-0.1, -0.05) is 42.5 Å². The van der Waals surface area contributed by atoms with E-state index in [1.807, 2.05) is 56.3 Å². The summed E-state index contributed by atoms with van der Waals surface area (Å²) >= 11 is 0. The number of nitrogens with one attached hydrogen (secondary N) is 1. The van der Waals surface area contributed by atoms with Gasteiger partial charge in [-0.05, 0) is 37.1 Å². The summed E-state index contributed by atoms with van der Waals surface area (Å²) in [5.41, 5.74) is 3.04. The second kappa shape index (κ2) is 7.66. The van der Waals surface area contributed by atoms with E-state index in [0.29, 0.717) is 22.5 Å². The van der Waals surface area contributed by atoms with Crippen LogP contribution in [-0.2, 0) is 19.1 Å². The molecule has 1 heterocycles. The third kappa shape index (κ3) is 3.45. The molecule has 27 heavy (non-hydrogen) atoms. The molecule has 0 bridgehead atoms. The Kier molecular flexibility index (Phi) is 5.31. The van der Waals surface area contributed by atoms with Gasteiger partial charge in [0.15, 0.2) is 0 Å². The molecule has 3 rings (SSSR count). The van der Waals surface area contributed by atoms with Crippen LogP contribution in [0.15, 0.2) is 65.0 Å². The summed E-state index contributed by atoms with van der Waals surface area (Å²) in [7, 11) is 1.34. The van der Waals surface area contributed by atoms with Gasteiger partial charge in [-0.2, -0.15) is 0 Å². The SMILES string of the molecule is CCOC(=O)C1=C(C)NC(C)=C(C(=O)OC)C1c1ccc2ccccc2c1. The van der Waals surface area contributed by atoms with E-state index in [0.717, 1.165) is 16.3 Å². The van der Waals surface area contributed by atoms with Gasteiger partial charge < -0.3 is 14.8 Å². The van der Waals surface area contributed by atoms with Crippen molar-refractivity contribution in [3.63, 3.8) is 0 Å². The molecule has 1 N–H and O–H groups in total. The van der Waals surface area contributed by atoms with Crippen LogP contribution in [0.4, 0.5) is 0 Å². The highest BCUT2D eigenvalue weighted by Gasteiger charge is 2.37. The van der Waals surface area contributed by atoms with Gasteiger partial charge in [-0.15, -0.1) is 0 Å². The fraction of sp³-hybridized carbons (Fsp3) is 0.273. The summed E-state index contributed by atoms with van der Waals surface area (Å²) in [4.78, 5) is 25.3. The van der Waals surface area contributed by atoms with Gasteiger partial charge in [-0.25, -0.2) is 9.59 Å². The van der Waals surface area contributed by atoms with Crippen molar-refractivity contribution < 1.29 is 19.1 Å². The lowest BCUT2D eigenvalue weighted by Crippen LogP contribution is -2.32. The lowest BCUT2D eigenvalue weighted by atomic mass is 9.80. The lowest BCUT2D eigenvalue weighted by molar-refractivity contribution is -0.139. The average Bonchev–Trinajstić information content (AvgIpc) is 2.66. The van der Waals surface area contributed by atoms with Crippen molar-refractivity contribution in [1.29, 1.82) is 0 Å². The van der Waals surface area contributed by atoms with E-state index < -0.39 is 17.9 Å². The molecular weight excluding hydrogens is 342 g/mol. The maximum Gasteiger partial charge on any atom is 0.336 e. The van der Waals surface area contributed by atoms with Gasteiger partial charge >= 0.3 is 11.9 Å². The van der Waals surface area contributed by atoms with Crippen LogP contribution in [0.5, 0.6) is 0 Å². The molecular formula is C22H23NO4. The van der Waals surface area contributed by atoms with Gasteiger partial charge in [0.2, 0.25) is 0 Å². The van der Waals surface area contributed by atoms with E-state index >= 15 is 0 Å². The molecule has 0 aromatic heterocycles. The summed E-state index contributed by atoms with van der Waals surface area (Å²) in [6, 6.07) is 13.9. The number of benzene rings is 2. The third-order valence-corrected chi connectivity index (χ3v) is 4.77. The Morgan fingerprint density at radius 2 is 1.59 bits per heavy atom. The minimum atomic E-state index is -0.553. The van der Waals surface area contributed by atoms with E-state index in [-0.39, 0.29) is 6.61 Å². The molecule has 2 aromatic rings. The van der Waals surface area contributed by atoms with Crippen LogP contribution >= 0.6 is 0 Å². The first-order valence-electron chi connectivity index (χ1n) is 8.90. The molecule has 140 valence electrons. The first-order chi connectivity index (χ1) is 13.0. The predicted octanol–water partition coefficient (Wildman–Crippen LogP) is 3.81. The number of methoxy groups -OCH3 is 1. The molecule has 0 fully saturated rings. The van der Waals surface area contributed by atoms with E-state index in [4.69, 9.17) is 9.47 Å². The van der Waals surface area contributed by atoms with Crippen LogP contribution in [-0.4, -0.2) is 25.7 Å². The largest absolute Gasteiger partial charge is 0.466 e.